The van der Waals surface area contributed by atoms with Gasteiger partial charge in [-0.05, 0) is 12.1 Å². The van der Waals surface area contributed by atoms with Gasteiger partial charge in [-0.1, -0.05) is 42.5 Å². The fourth-order valence-corrected chi connectivity index (χ4v) is 3.01. The molecule has 5 heteroatoms. The van der Waals surface area contributed by atoms with E-state index in [2.05, 4.69) is 4.98 Å². The molecular weight excluding hydrogens is 272 g/mol. The Balaban J connectivity index is 2.38. The number of nitrogens with zero attached hydrogens (tertiary/aromatic N) is 1. The van der Waals surface area contributed by atoms with Crippen molar-refractivity contribution in [3.63, 3.8) is 0 Å². The van der Waals surface area contributed by atoms with E-state index in [1.54, 1.807) is 24.4 Å². The van der Waals surface area contributed by atoms with Crippen molar-refractivity contribution in [2.45, 2.75) is 4.90 Å². The van der Waals surface area contributed by atoms with Crippen LogP contribution in [0.4, 0.5) is 0 Å². The molecule has 0 spiro atoms. The van der Waals surface area contributed by atoms with E-state index < -0.39 is 10.0 Å². The molecule has 0 aliphatic carbocycles. The summed E-state index contributed by atoms with van der Waals surface area (Å²) in [6.07, 6.45) is 1.69. The van der Waals surface area contributed by atoms with Crippen LogP contribution in [0.15, 0.2) is 65.7 Å². The Kier molecular flexibility index (Phi) is 3.00. The molecule has 0 amide bonds. The number of rotatable bonds is 2. The minimum Gasteiger partial charge on any atom is -0.256 e. The zero-order chi connectivity index (χ0) is 14.2. The van der Waals surface area contributed by atoms with Crippen molar-refractivity contribution < 1.29 is 8.42 Å². The minimum atomic E-state index is -3.78. The second-order valence-electron chi connectivity index (χ2n) is 4.42. The van der Waals surface area contributed by atoms with Gasteiger partial charge in [0.1, 0.15) is 0 Å². The maximum Gasteiger partial charge on any atom is 0.238 e. The van der Waals surface area contributed by atoms with E-state index in [9.17, 15) is 8.42 Å². The molecule has 100 valence electrons. The van der Waals surface area contributed by atoms with Crippen molar-refractivity contribution in [1.82, 2.24) is 4.98 Å². The van der Waals surface area contributed by atoms with Gasteiger partial charge in [-0.15, -0.1) is 0 Å². The van der Waals surface area contributed by atoms with Crippen molar-refractivity contribution in [1.29, 1.82) is 0 Å². The summed E-state index contributed by atoms with van der Waals surface area (Å²) in [4.78, 5) is 4.45. The van der Waals surface area contributed by atoms with Gasteiger partial charge in [0.15, 0.2) is 0 Å². The van der Waals surface area contributed by atoms with Crippen LogP contribution in [0.5, 0.6) is 0 Å². The fourth-order valence-electron chi connectivity index (χ4n) is 2.26. The predicted molar refractivity (Wildman–Crippen MR) is 78.6 cm³/mol. The third-order valence-electron chi connectivity index (χ3n) is 3.12. The molecule has 0 unspecified atom stereocenters. The maximum absolute atomic E-state index is 11.7. The topological polar surface area (TPSA) is 73.1 Å². The van der Waals surface area contributed by atoms with Crippen molar-refractivity contribution in [3.05, 3.63) is 60.8 Å². The fraction of sp³-hybridized carbons (Fsp3) is 0. The largest absolute Gasteiger partial charge is 0.256 e. The first kappa shape index (κ1) is 12.8. The zero-order valence-corrected chi connectivity index (χ0v) is 11.3. The number of nitrogens with two attached hydrogens (primary N) is 1. The van der Waals surface area contributed by atoms with Crippen molar-refractivity contribution in [3.8, 4) is 11.1 Å². The molecule has 0 fully saturated rings. The number of fused-ring (bicyclic) bond motifs is 1. The first-order valence-electron chi connectivity index (χ1n) is 6.03. The normalized spacial score (nSPS) is 11.7. The van der Waals surface area contributed by atoms with E-state index in [0.717, 1.165) is 16.5 Å². The van der Waals surface area contributed by atoms with E-state index in [1.165, 1.54) is 6.07 Å². The summed E-state index contributed by atoms with van der Waals surface area (Å²) in [5.41, 5.74) is 2.08. The molecule has 0 bridgehead atoms. The maximum atomic E-state index is 11.7. The molecule has 1 heterocycles. The number of sulfonamides is 1. The van der Waals surface area contributed by atoms with Gasteiger partial charge in [0.05, 0.1) is 10.4 Å². The van der Waals surface area contributed by atoms with Crippen LogP contribution in [0.25, 0.3) is 22.0 Å². The minimum absolute atomic E-state index is 0.109. The summed E-state index contributed by atoms with van der Waals surface area (Å²) in [7, 11) is -3.78. The molecule has 2 aromatic carbocycles. The smallest absolute Gasteiger partial charge is 0.238 e. The Morgan fingerprint density at radius 3 is 2.35 bits per heavy atom. The van der Waals surface area contributed by atoms with Gasteiger partial charge in [-0.3, -0.25) is 4.98 Å². The van der Waals surface area contributed by atoms with Crippen LogP contribution in [0, 0.1) is 0 Å². The second-order valence-corrected chi connectivity index (χ2v) is 5.95. The van der Waals surface area contributed by atoms with Gasteiger partial charge < -0.3 is 0 Å². The molecule has 0 aliphatic rings. The lowest BCUT2D eigenvalue weighted by atomic mass is 10.0. The summed E-state index contributed by atoms with van der Waals surface area (Å²) < 4.78 is 23.4. The van der Waals surface area contributed by atoms with Gasteiger partial charge in [-0.25, -0.2) is 13.6 Å². The molecule has 3 aromatic rings. The SMILES string of the molecule is NS(=O)(=O)c1ccccc1-c1cccc2cccnc12. The number of hydrogen-bond donors (Lipinski definition) is 1. The first-order valence-corrected chi connectivity index (χ1v) is 7.58. The standard InChI is InChI=1S/C15H12N2O2S/c16-20(18,19)14-9-2-1-7-12(14)13-8-3-5-11-6-4-10-17-15(11)13/h1-10H,(H2,16,18,19). The van der Waals surface area contributed by atoms with E-state index in [1.807, 2.05) is 30.3 Å². The second kappa shape index (κ2) is 4.70. The van der Waals surface area contributed by atoms with Crippen LogP contribution in [-0.2, 0) is 10.0 Å². The Bertz CT molecular complexity index is 884. The molecule has 0 saturated heterocycles. The number of aromatic nitrogens is 1. The summed E-state index contributed by atoms with van der Waals surface area (Å²) in [6.45, 7) is 0. The lowest BCUT2D eigenvalue weighted by molar-refractivity contribution is 0.598. The third-order valence-corrected chi connectivity index (χ3v) is 4.09. The highest BCUT2D eigenvalue weighted by atomic mass is 32.2. The van der Waals surface area contributed by atoms with Crippen LogP contribution < -0.4 is 5.14 Å². The molecule has 3 rings (SSSR count). The molecule has 4 nitrogen and oxygen atoms in total. The van der Waals surface area contributed by atoms with Crippen molar-refractivity contribution >= 4 is 20.9 Å². The van der Waals surface area contributed by atoms with E-state index >= 15 is 0 Å². The average molecular weight is 284 g/mol. The molecule has 1 aromatic heterocycles. The van der Waals surface area contributed by atoms with Crippen LogP contribution in [0.3, 0.4) is 0 Å². The summed E-state index contributed by atoms with van der Waals surface area (Å²) in [5, 5.41) is 6.24. The molecule has 20 heavy (non-hydrogen) atoms. The van der Waals surface area contributed by atoms with Crippen molar-refractivity contribution in [2.24, 2.45) is 5.14 Å². The number of hydrogen-bond acceptors (Lipinski definition) is 3. The highest BCUT2D eigenvalue weighted by molar-refractivity contribution is 7.89. The Morgan fingerprint density at radius 2 is 1.55 bits per heavy atom. The molecule has 0 radical (unpaired) electrons. The zero-order valence-electron chi connectivity index (χ0n) is 10.5. The van der Waals surface area contributed by atoms with Crippen molar-refractivity contribution in [2.75, 3.05) is 0 Å². The lowest BCUT2D eigenvalue weighted by Gasteiger charge is -2.10. The monoisotopic (exact) mass is 284 g/mol. The van der Waals surface area contributed by atoms with E-state index in [-0.39, 0.29) is 4.90 Å². The molecule has 0 saturated carbocycles. The lowest BCUT2D eigenvalue weighted by Crippen LogP contribution is -2.13. The molecular formula is C15H12N2O2S. The van der Waals surface area contributed by atoms with Gasteiger partial charge in [0.25, 0.3) is 0 Å². The Hall–Kier alpha value is -2.24. The third kappa shape index (κ3) is 2.17. The van der Waals surface area contributed by atoms with Crippen LogP contribution in [0.1, 0.15) is 0 Å². The van der Waals surface area contributed by atoms with Crippen LogP contribution in [-0.4, -0.2) is 13.4 Å². The quantitative estimate of drug-likeness (QED) is 0.786. The first-order chi connectivity index (χ1) is 9.57. The summed E-state index contributed by atoms with van der Waals surface area (Å²) >= 11 is 0. The molecule has 0 atom stereocenters. The van der Waals surface area contributed by atoms with Gasteiger partial charge in [0, 0.05) is 22.7 Å². The molecule has 2 N–H and O–H groups in total. The number of primary sulfonamides is 1. The summed E-state index contributed by atoms with van der Waals surface area (Å²) in [5.74, 6) is 0. The molecule has 0 aliphatic heterocycles. The van der Waals surface area contributed by atoms with E-state index in [0.29, 0.717) is 5.56 Å². The summed E-state index contributed by atoms with van der Waals surface area (Å²) in [6, 6.07) is 16.1. The van der Waals surface area contributed by atoms with Crippen LogP contribution in [0.2, 0.25) is 0 Å². The number of pyridine rings is 1. The van der Waals surface area contributed by atoms with Gasteiger partial charge >= 0.3 is 0 Å². The number of benzene rings is 2. The van der Waals surface area contributed by atoms with E-state index in [4.69, 9.17) is 5.14 Å². The predicted octanol–water partition coefficient (Wildman–Crippen LogP) is 2.55. The Morgan fingerprint density at radius 1 is 0.850 bits per heavy atom. The van der Waals surface area contributed by atoms with Crippen LogP contribution >= 0.6 is 0 Å². The average Bonchev–Trinajstić information content (AvgIpc) is 2.46. The number of para-hydroxylation sites is 1. The highest BCUT2D eigenvalue weighted by Crippen LogP contribution is 2.31. The van der Waals surface area contributed by atoms with Gasteiger partial charge in [-0.2, -0.15) is 0 Å². The highest BCUT2D eigenvalue weighted by Gasteiger charge is 2.16. The van der Waals surface area contributed by atoms with Gasteiger partial charge in [0.2, 0.25) is 10.0 Å². The Labute approximate surface area is 116 Å².